The molecule has 1 aliphatic rings. The standard InChI is InChI=1S/C24H24O4/c25-21-16-27-22(23(21)26)17-28-24(18-10-4-1-5-11-18,19-12-6-2-7-13-19)20-14-8-3-9-15-20/h1-15,21-23,25-26H,16-17H2/t21-,22+,23+/m0/s1. The first-order chi connectivity index (χ1) is 13.7. The highest BCUT2D eigenvalue weighted by molar-refractivity contribution is 5.47. The number of aliphatic hydroxyl groups is 2. The van der Waals surface area contributed by atoms with Crippen LogP contribution in [0.25, 0.3) is 0 Å². The highest BCUT2D eigenvalue weighted by atomic mass is 16.6. The number of ether oxygens (including phenoxy) is 2. The topological polar surface area (TPSA) is 58.9 Å². The predicted octanol–water partition coefficient (Wildman–Crippen LogP) is 3.12. The Balaban J connectivity index is 1.81. The van der Waals surface area contributed by atoms with Crippen molar-refractivity contribution >= 4 is 0 Å². The molecule has 0 bridgehead atoms. The fraction of sp³-hybridized carbons (Fsp3) is 0.250. The number of hydrogen-bond donors (Lipinski definition) is 2. The Hall–Kier alpha value is -2.50. The second-order valence-electron chi connectivity index (χ2n) is 7.02. The fourth-order valence-electron chi connectivity index (χ4n) is 3.79. The Labute approximate surface area is 165 Å². The van der Waals surface area contributed by atoms with Crippen molar-refractivity contribution in [3.05, 3.63) is 108 Å². The third kappa shape index (κ3) is 3.48. The summed E-state index contributed by atoms with van der Waals surface area (Å²) in [5, 5.41) is 20.0. The van der Waals surface area contributed by atoms with Crippen LogP contribution in [0.3, 0.4) is 0 Å². The Morgan fingerprint density at radius 3 is 1.54 bits per heavy atom. The van der Waals surface area contributed by atoms with Crippen molar-refractivity contribution in [3.8, 4) is 0 Å². The Kier molecular flexibility index (Phi) is 5.55. The van der Waals surface area contributed by atoms with Gasteiger partial charge >= 0.3 is 0 Å². The third-order valence-electron chi connectivity index (χ3n) is 5.26. The molecule has 0 unspecified atom stereocenters. The minimum atomic E-state index is -0.958. The molecular weight excluding hydrogens is 352 g/mol. The molecule has 0 radical (unpaired) electrons. The summed E-state index contributed by atoms with van der Waals surface area (Å²) in [6.45, 7) is 0.265. The van der Waals surface area contributed by atoms with E-state index < -0.39 is 23.9 Å². The van der Waals surface area contributed by atoms with Crippen LogP contribution in [0.1, 0.15) is 16.7 Å². The van der Waals surface area contributed by atoms with E-state index in [1.165, 1.54) is 0 Å². The van der Waals surface area contributed by atoms with Crippen LogP contribution in [0, 0.1) is 0 Å². The van der Waals surface area contributed by atoms with Gasteiger partial charge in [0.05, 0.1) is 13.2 Å². The predicted molar refractivity (Wildman–Crippen MR) is 107 cm³/mol. The van der Waals surface area contributed by atoms with Gasteiger partial charge in [-0.25, -0.2) is 0 Å². The first kappa shape index (κ1) is 18.8. The lowest BCUT2D eigenvalue weighted by Crippen LogP contribution is -2.39. The zero-order valence-corrected chi connectivity index (χ0v) is 15.5. The minimum Gasteiger partial charge on any atom is -0.388 e. The van der Waals surface area contributed by atoms with E-state index in [0.29, 0.717) is 0 Å². The highest BCUT2D eigenvalue weighted by Gasteiger charge is 2.41. The summed E-state index contributed by atoms with van der Waals surface area (Å²) >= 11 is 0. The van der Waals surface area contributed by atoms with Crippen molar-refractivity contribution < 1.29 is 19.7 Å². The van der Waals surface area contributed by atoms with Gasteiger partial charge < -0.3 is 19.7 Å². The largest absolute Gasteiger partial charge is 0.388 e. The monoisotopic (exact) mass is 376 g/mol. The van der Waals surface area contributed by atoms with Gasteiger partial charge in [-0.2, -0.15) is 0 Å². The van der Waals surface area contributed by atoms with Crippen molar-refractivity contribution in [3.63, 3.8) is 0 Å². The van der Waals surface area contributed by atoms with Crippen molar-refractivity contribution in [2.24, 2.45) is 0 Å². The molecule has 28 heavy (non-hydrogen) atoms. The summed E-state index contributed by atoms with van der Waals surface area (Å²) in [6.07, 6.45) is -2.42. The van der Waals surface area contributed by atoms with Crippen molar-refractivity contribution in [1.82, 2.24) is 0 Å². The SMILES string of the molecule is O[C@@H]1[C@@H](O)CO[C@@H]1COC(c1ccccc1)(c1ccccc1)c1ccccc1. The van der Waals surface area contributed by atoms with Gasteiger partial charge in [-0.05, 0) is 16.7 Å². The van der Waals surface area contributed by atoms with Crippen LogP contribution in [-0.2, 0) is 15.1 Å². The maximum absolute atomic E-state index is 10.2. The van der Waals surface area contributed by atoms with Crippen molar-refractivity contribution in [1.29, 1.82) is 0 Å². The molecule has 0 spiro atoms. The second kappa shape index (κ2) is 8.25. The molecule has 4 nitrogen and oxygen atoms in total. The number of rotatable bonds is 6. The molecule has 3 atom stereocenters. The zero-order chi connectivity index (χ0) is 19.4. The molecule has 0 aromatic heterocycles. The summed E-state index contributed by atoms with van der Waals surface area (Å²) in [7, 11) is 0. The minimum absolute atomic E-state index is 0.115. The van der Waals surface area contributed by atoms with Gasteiger partial charge in [-0.15, -0.1) is 0 Å². The van der Waals surface area contributed by atoms with Gasteiger partial charge in [0, 0.05) is 0 Å². The van der Waals surface area contributed by atoms with Gasteiger partial charge in [-0.3, -0.25) is 0 Å². The van der Waals surface area contributed by atoms with Gasteiger partial charge in [0.2, 0.25) is 0 Å². The van der Waals surface area contributed by atoms with Crippen LogP contribution < -0.4 is 0 Å². The van der Waals surface area contributed by atoms with E-state index in [4.69, 9.17) is 9.47 Å². The zero-order valence-electron chi connectivity index (χ0n) is 15.5. The normalized spacial score (nSPS) is 22.3. The quantitative estimate of drug-likeness (QED) is 0.649. The van der Waals surface area contributed by atoms with Crippen LogP contribution in [0.15, 0.2) is 91.0 Å². The number of hydrogen-bond acceptors (Lipinski definition) is 4. The first-order valence-corrected chi connectivity index (χ1v) is 9.50. The molecule has 4 heteroatoms. The summed E-state index contributed by atoms with van der Waals surface area (Å²) in [6, 6.07) is 30.1. The molecular formula is C24H24O4. The molecule has 1 fully saturated rings. The average Bonchev–Trinajstić information content (AvgIpc) is 3.09. The van der Waals surface area contributed by atoms with Crippen molar-refractivity contribution in [2.75, 3.05) is 13.2 Å². The molecule has 0 saturated carbocycles. The molecule has 3 aromatic rings. The lowest BCUT2D eigenvalue weighted by molar-refractivity contribution is -0.0725. The average molecular weight is 376 g/mol. The van der Waals surface area contributed by atoms with Crippen LogP contribution in [0.5, 0.6) is 0 Å². The second-order valence-corrected chi connectivity index (χ2v) is 7.02. The summed E-state index contributed by atoms with van der Waals surface area (Å²) in [5.74, 6) is 0. The lowest BCUT2D eigenvalue weighted by Gasteiger charge is -2.37. The van der Waals surface area contributed by atoms with Gasteiger partial charge in [0.1, 0.15) is 23.9 Å². The van der Waals surface area contributed by atoms with Gasteiger partial charge in [0.15, 0.2) is 0 Å². The highest BCUT2D eigenvalue weighted by Crippen LogP contribution is 2.40. The summed E-state index contributed by atoms with van der Waals surface area (Å²) in [5.41, 5.74) is 2.10. The van der Waals surface area contributed by atoms with Crippen molar-refractivity contribution in [2.45, 2.75) is 23.9 Å². The lowest BCUT2D eigenvalue weighted by atomic mass is 9.80. The van der Waals surface area contributed by atoms with E-state index in [2.05, 4.69) is 0 Å². The molecule has 3 aromatic carbocycles. The van der Waals surface area contributed by atoms with E-state index >= 15 is 0 Å². The Bertz CT molecular complexity index is 770. The molecule has 1 heterocycles. The van der Waals surface area contributed by atoms with Gasteiger partial charge in [-0.1, -0.05) is 91.0 Å². The summed E-state index contributed by atoms with van der Waals surface area (Å²) in [4.78, 5) is 0. The van der Waals surface area contributed by atoms with Crippen LogP contribution >= 0.6 is 0 Å². The van der Waals surface area contributed by atoms with Gasteiger partial charge in [0.25, 0.3) is 0 Å². The van der Waals surface area contributed by atoms with E-state index in [-0.39, 0.29) is 13.2 Å². The molecule has 1 saturated heterocycles. The van der Waals surface area contributed by atoms with Crippen LogP contribution in [-0.4, -0.2) is 41.7 Å². The molecule has 144 valence electrons. The fourth-order valence-corrected chi connectivity index (χ4v) is 3.79. The third-order valence-corrected chi connectivity index (χ3v) is 5.26. The Morgan fingerprint density at radius 2 is 1.18 bits per heavy atom. The maximum Gasteiger partial charge on any atom is 0.143 e. The maximum atomic E-state index is 10.2. The smallest absolute Gasteiger partial charge is 0.143 e. The number of aliphatic hydroxyl groups excluding tert-OH is 2. The van der Waals surface area contributed by atoms with Crippen LogP contribution in [0.4, 0.5) is 0 Å². The number of benzene rings is 3. The Morgan fingerprint density at radius 1 is 0.750 bits per heavy atom. The van der Waals surface area contributed by atoms with E-state index in [1.54, 1.807) is 0 Å². The first-order valence-electron chi connectivity index (χ1n) is 9.50. The van der Waals surface area contributed by atoms with E-state index in [0.717, 1.165) is 16.7 Å². The van der Waals surface area contributed by atoms with Crippen LogP contribution in [0.2, 0.25) is 0 Å². The molecule has 4 rings (SSSR count). The summed E-state index contributed by atoms with van der Waals surface area (Å²) < 4.78 is 12.1. The molecule has 2 N–H and O–H groups in total. The molecule has 0 amide bonds. The van der Waals surface area contributed by atoms with E-state index in [9.17, 15) is 10.2 Å². The molecule has 1 aliphatic heterocycles. The molecule has 0 aliphatic carbocycles. The van der Waals surface area contributed by atoms with E-state index in [1.807, 2.05) is 91.0 Å².